The van der Waals surface area contributed by atoms with E-state index in [2.05, 4.69) is 12.2 Å². The standard InChI is InChI=1S/C15H23Cl2NO/c1-2-9-18-10-5-3-4-6-11-19-15-8-7-13(16)12-14(15)17/h7-8,12,18H,2-6,9-11H2,1H3. The van der Waals surface area contributed by atoms with E-state index in [-0.39, 0.29) is 0 Å². The van der Waals surface area contributed by atoms with Gasteiger partial charge in [-0.15, -0.1) is 0 Å². The Kier molecular flexibility index (Phi) is 9.06. The van der Waals surface area contributed by atoms with Gasteiger partial charge in [-0.1, -0.05) is 43.0 Å². The van der Waals surface area contributed by atoms with Gasteiger partial charge in [0.05, 0.1) is 11.6 Å². The minimum atomic E-state index is 0.580. The van der Waals surface area contributed by atoms with Crippen LogP contribution in [0.25, 0.3) is 0 Å². The van der Waals surface area contributed by atoms with Crippen molar-refractivity contribution in [3.05, 3.63) is 28.2 Å². The molecule has 1 aromatic rings. The summed E-state index contributed by atoms with van der Waals surface area (Å²) >= 11 is 11.8. The van der Waals surface area contributed by atoms with Crippen LogP contribution >= 0.6 is 23.2 Å². The second kappa shape index (κ2) is 10.4. The van der Waals surface area contributed by atoms with E-state index in [1.54, 1.807) is 12.1 Å². The minimum Gasteiger partial charge on any atom is -0.492 e. The predicted molar refractivity (Wildman–Crippen MR) is 83.6 cm³/mol. The molecule has 0 amide bonds. The highest BCUT2D eigenvalue weighted by atomic mass is 35.5. The molecule has 0 saturated heterocycles. The maximum absolute atomic E-state index is 6.02. The lowest BCUT2D eigenvalue weighted by Gasteiger charge is -2.08. The van der Waals surface area contributed by atoms with Gasteiger partial charge in [-0.05, 0) is 50.6 Å². The lowest BCUT2D eigenvalue weighted by atomic mass is 10.2. The third-order valence-electron chi connectivity index (χ3n) is 2.83. The first-order valence-electron chi connectivity index (χ1n) is 7.02. The molecule has 0 saturated carbocycles. The number of ether oxygens (including phenoxy) is 1. The molecule has 1 rings (SSSR count). The summed E-state index contributed by atoms with van der Waals surface area (Å²) in [6.45, 7) is 5.14. The first-order valence-corrected chi connectivity index (χ1v) is 7.78. The SMILES string of the molecule is CCCNCCCCCCOc1ccc(Cl)cc1Cl. The summed E-state index contributed by atoms with van der Waals surface area (Å²) in [6, 6.07) is 5.32. The average Bonchev–Trinajstić information content (AvgIpc) is 2.39. The fraction of sp³-hybridized carbons (Fsp3) is 0.600. The number of unbranched alkanes of at least 4 members (excludes halogenated alkanes) is 3. The molecule has 0 heterocycles. The van der Waals surface area contributed by atoms with Gasteiger partial charge in [0.1, 0.15) is 5.75 Å². The largest absolute Gasteiger partial charge is 0.492 e. The molecule has 0 aliphatic carbocycles. The molecule has 19 heavy (non-hydrogen) atoms. The zero-order valence-electron chi connectivity index (χ0n) is 11.6. The molecule has 0 aliphatic heterocycles. The summed E-state index contributed by atoms with van der Waals surface area (Å²) in [6.07, 6.45) is 5.94. The summed E-state index contributed by atoms with van der Waals surface area (Å²) in [4.78, 5) is 0. The Labute approximate surface area is 126 Å². The van der Waals surface area contributed by atoms with Crippen LogP contribution in [0.1, 0.15) is 39.0 Å². The molecule has 0 bridgehead atoms. The Morgan fingerprint density at radius 3 is 2.58 bits per heavy atom. The van der Waals surface area contributed by atoms with Gasteiger partial charge in [-0.2, -0.15) is 0 Å². The molecule has 0 aromatic heterocycles. The van der Waals surface area contributed by atoms with Crippen LogP contribution in [0.15, 0.2) is 18.2 Å². The van der Waals surface area contributed by atoms with Crippen LogP contribution in [-0.2, 0) is 0 Å². The second-order valence-corrected chi connectivity index (χ2v) is 5.43. The van der Waals surface area contributed by atoms with Crippen molar-refractivity contribution in [3.8, 4) is 5.75 Å². The van der Waals surface area contributed by atoms with Gasteiger partial charge in [0.25, 0.3) is 0 Å². The summed E-state index contributed by atoms with van der Waals surface area (Å²) in [5, 5.41) is 4.62. The van der Waals surface area contributed by atoms with Gasteiger partial charge in [0, 0.05) is 5.02 Å². The van der Waals surface area contributed by atoms with Crippen LogP contribution < -0.4 is 10.1 Å². The molecular formula is C15H23Cl2NO. The smallest absolute Gasteiger partial charge is 0.137 e. The molecule has 0 aliphatic rings. The Bertz CT molecular complexity index is 358. The topological polar surface area (TPSA) is 21.3 Å². The molecule has 2 nitrogen and oxygen atoms in total. The Morgan fingerprint density at radius 2 is 1.84 bits per heavy atom. The van der Waals surface area contributed by atoms with Crippen molar-refractivity contribution in [2.45, 2.75) is 39.0 Å². The molecule has 0 radical (unpaired) electrons. The van der Waals surface area contributed by atoms with Crippen molar-refractivity contribution in [2.24, 2.45) is 0 Å². The number of nitrogens with one attached hydrogen (secondary N) is 1. The number of hydrogen-bond donors (Lipinski definition) is 1. The molecule has 1 aromatic carbocycles. The summed E-state index contributed by atoms with van der Waals surface area (Å²) < 4.78 is 5.63. The van der Waals surface area contributed by atoms with Crippen molar-refractivity contribution in [3.63, 3.8) is 0 Å². The third kappa shape index (κ3) is 7.66. The number of halogens is 2. The minimum absolute atomic E-state index is 0.580. The number of hydrogen-bond acceptors (Lipinski definition) is 2. The Hall–Kier alpha value is -0.440. The molecule has 0 spiro atoms. The lowest BCUT2D eigenvalue weighted by Crippen LogP contribution is -2.15. The van der Waals surface area contributed by atoms with E-state index in [1.165, 1.54) is 25.7 Å². The van der Waals surface area contributed by atoms with Crippen LogP contribution in [0, 0.1) is 0 Å². The molecular weight excluding hydrogens is 281 g/mol. The van der Waals surface area contributed by atoms with E-state index >= 15 is 0 Å². The summed E-state index contributed by atoms with van der Waals surface area (Å²) in [7, 11) is 0. The normalized spacial score (nSPS) is 10.7. The quantitative estimate of drug-likeness (QED) is 0.619. The highest BCUT2D eigenvalue weighted by Gasteiger charge is 2.01. The zero-order chi connectivity index (χ0) is 13.9. The fourth-order valence-electron chi connectivity index (χ4n) is 1.78. The molecule has 0 unspecified atom stereocenters. The van der Waals surface area contributed by atoms with E-state index in [0.717, 1.165) is 25.3 Å². The van der Waals surface area contributed by atoms with Crippen molar-refractivity contribution in [1.82, 2.24) is 5.32 Å². The molecule has 4 heteroatoms. The zero-order valence-corrected chi connectivity index (χ0v) is 13.1. The highest BCUT2D eigenvalue weighted by molar-refractivity contribution is 6.35. The van der Waals surface area contributed by atoms with Crippen LogP contribution in [0.2, 0.25) is 10.0 Å². The third-order valence-corrected chi connectivity index (χ3v) is 3.36. The van der Waals surface area contributed by atoms with Crippen molar-refractivity contribution >= 4 is 23.2 Å². The predicted octanol–water partition coefficient (Wildman–Crippen LogP) is 4.93. The van der Waals surface area contributed by atoms with Crippen molar-refractivity contribution < 1.29 is 4.74 Å². The first-order chi connectivity index (χ1) is 9.24. The van der Waals surface area contributed by atoms with E-state index in [0.29, 0.717) is 16.7 Å². The van der Waals surface area contributed by atoms with E-state index in [1.807, 2.05) is 6.07 Å². The first kappa shape index (κ1) is 16.6. The van der Waals surface area contributed by atoms with Gasteiger partial charge < -0.3 is 10.1 Å². The van der Waals surface area contributed by atoms with E-state index in [4.69, 9.17) is 27.9 Å². The van der Waals surface area contributed by atoms with Crippen LogP contribution in [0.4, 0.5) is 0 Å². The van der Waals surface area contributed by atoms with Crippen molar-refractivity contribution in [2.75, 3.05) is 19.7 Å². The number of rotatable bonds is 10. The fourth-order valence-corrected chi connectivity index (χ4v) is 2.24. The van der Waals surface area contributed by atoms with Crippen LogP contribution in [0.5, 0.6) is 5.75 Å². The monoisotopic (exact) mass is 303 g/mol. The van der Waals surface area contributed by atoms with Gasteiger partial charge in [0.15, 0.2) is 0 Å². The Morgan fingerprint density at radius 1 is 1.05 bits per heavy atom. The average molecular weight is 304 g/mol. The van der Waals surface area contributed by atoms with Gasteiger partial charge in [-0.25, -0.2) is 0 Å². The number of benzene rings is 1. The molecule has 0 fully saturated rings. The van der Waals surface area contributed by atoms with Crippen LogP contribution in [0.3, 0.4) is 0 Å². The molecule has 1 N–H and O–H groups in total. The Balaban J connectivity index is 2.01. The lowest BCUT2D eigenvalue weighted by molar-refractivity contribution is 0.304. The van der Waals surface area contributed by atoms with Crippen LogP contribution in [-0.4, -0.2) is 19.7 Å². The van der Waals surface area contributed by atoms with Gasteiger partial charge >= 0.3 is 0 Å². The van der Waals surface area contributed by atoms with Gasteiger partial charge in [0.2, 0.25) is 0 Å². The molecule has 0 atom stereocenters. The highest BCUT2D eigenvalue weighted by Crippen LogP contribution is 2.27. The van der Waals surface area contributed by atoms with Gasteiger partial charge in [-0.3, -0.25) is 0 Å². The maximum atomic E-state index is 6.02. The van der Waals surface area contributed by atoms with E-state index in [9.17, 15) is 0 Å². The van der Waals surface area contributed by atoms with E-state index < -0.39 is 0 Å². The maximum Gasteiger partial charge on any atom is 0.137 e. The summed E-state index contributed by atoms with van der Waals surface area (Å²) in [5.74, 6) is 0.718. The molecule has 108 valence electrons. The summed E-state index contributed by atoms with van der Waals surface area (Å²) in [5.41, 5.74) is 0. The van der Waals surface area contributed by atoms with Crippen molar-refractivity contribution in [1.29, 1.82) is 0 Å². The second-order valence-electron chi connectivity index (χ2n) is 4.59.